The third-order valence-corrected chi connectivity index (χ3v) is 1.69. The maximum Gasteiger partial charge on any atom is 0.0831 e. The van der Waals surface area contributed by atoms with E-state index in [0.29, 0.717) is 6.54 Å². The second kappa shape index (κ2) is 3.99. The second-order valence-electron chi connectivity index (χ2n) is 2.72. The first-order chi connectivity index (χ1) is 5.74. The molecule has 1 aromatic heterocycles. The van der Waals surface area contributed by atoms with Crippen LogP contribution in [0.25, 0.3) is 0 Å². The Balaban J connectivity index is 2.68. The summed E-state index contributed by atoms with van der Waals surface area (Å²) >= 11 is 0. The van der Waals surface area contributed by atoms with Crippen LogP contribution in [-0.2, 0) is 6.54 Å². The van der Waals surface area contributed by atoms with E-state index in [-0.39, 0.29) is 6.10 Å². The van der Waals surface area contributed by atoms with Gasteiger partial charge in [-0.25, -0.2) is 0 Å². The molecule has 0 amide bonds. The van der Waals surface area contributed by atoms with Crippen molar-refractivity contribution in [3.8, 4) is 11.8 Å². The van der Waals surface area contributed by atoms with Crippen LogP contribution < -0.4 is 0 Å². The third kappa shape index (κ3) is 2.14. The molecule has 2 heteroatoms. The van der Waals surface area contributed by atoms with Crippen LogP contribution >= 0.6 is 0 Å². The molecule has 0 bridgehead atoms. The maximum atomic E-state index is 9.21. The summed E-state index contributed by atoms with van der Waals surface area (Å²) in [6, 6.07) is 1.90. The van der Waals surface area contributed by atoms with Crippen molar-refractivity contribution in [2.24, 2.45) is 0 Å². The summed E-state index contributed by atoms with van der Waals surface area (Å²) in [5, 5.41) is 9.21. The quantitative estimate of drug-likeness (QED) is 0.658. The van der Waals surface area contributed by atoms with Crippen molar-refractivity contribution in [3.63, 3.8) is 0 Å². The SMILES string of the molecule is CC#CCn1ccc(C(C)O)c1. The van der Waals surface area contributed by atoms with Gasteiger partial charge in [-0.15, -0.1) is 5.92 Å². The van der Waals surface area contributed by atoms with Gasteiger partial charge in [0, 0.05) is 12.4 Å². The van der Waals surface area contributed by atoms with Gasteiger partial charge < -0.3 is 9.67 Å². The van der Waals surface area contributed by atoms with Gasteiger partial charge in [-0.3, -0.25) is 0 Å². The molecule has 64 valence electrons. The second-order valence-corrected chi connectivity index (χ2v) is 2.72. The predicted octanol–water partition coefficient (Wildman–Crippen LogP) is 1.56. The molecule has 1 N–H and O–H groups in total. The van der Waals surface area contributed by atoms with Crippen LogP contribution in [0.3, 0.4) is 0 Å². The van der Waals surface area contributed by atoms with Crippen molar-refractivity contribution in [3.05, 3.63) is 24.0 Å². The molecule has 1 aromatic rings. The van der Waals surface area contributed by atoms with E-state index in [4.69, 9.17) is 0 Å². The maximum absolute atomic E-state index is 9.21. The van der Waals surface area contributed by atoms with Crippen molar-refractivity contribution in [1.29, 1.82) is 0 Å². The lowest BCUT2D eigenvalue weighted by Gasteiger charge is -1.98. The van der Waals surface area contributed by atoms with Crippen LogP contribution in [0.1, 0.15) is 25.5 Å². The van der Waals surface area contributed by atoms with Gasteiger partial charge in [0.25, 0.3) is 0 Å². The van der Waals surface area contributed by atoms with Gasteiger partial charge in [0.05, 0.1) is 12.6 Å². The van der Waals surface area contributed by atoms with Crippen LogP contribution in [0, 0.1) is 11.8 Å². The lowest BCUT2D eigenvalue weighted by molar-refractivity contribution is 0.199. The van der Waals surface area contributed by atoms with E-state index in [1.54, 1.807) is 6.92 Å². The molecule has 1 heterocycles. The lowest BCUT2D eigenvalue weighted by Crippen LogP contribution is -1.92. The fourth-order valence-corrected chi connectivity index (χ4v) is 0.975. The first kappa shape index (κ1) is 8.89. The molecule has 0 fully saturated rings. The number of hydrogen-bond donors (Lipinski definition) is 1. The molecule has 0 aliphatic carbocycles. The van der Waals surface area contributed by atoms with Gasteiger partial charge >= 0.3 is 0 Å². The molecule has 1 unspecified atom stereocenters. The van der Waals surface area contributed by atoms with Crippen molar-refractivity contribution >= 4 is 0 Å². The van der Waals surface area contributed by atoms with Crippen molar-refractivity contribution in [2.45, 2.75) is 26.5 Å². The molecule has 0 saturated heterocycles. The third-order valence-electron chi connectivity index (χ3n) is 1.69. The zero-order valence-electron chi connectivity index (χ0n) is 7.41. The normalized spacial score (nSPS) is 11.9. The van der Waals surface area contributed by atoms with Crippen LogP contribution in [0.4, 0.5) is 0 Å². The number of aliphatic hydroxyl groups excluding tert-OH is 1. The fraction of sp³-hybridized carbons (Fsp3) is 0.400. The zero-order valence-corrected chi connectivity index (χ0v) is 7.41. The average Bonchev–Trinajstić information content (AvgIpc) is 2.48. The van der Waals surface area contributed by atoms with Gasteiger partial charge in [-0.05, 0) is 25.5 Å². The molecule has 1 atom stereocenters. The van der Waals surface area contributed by atoms with Crippen LogP contribution in [-0.4, -0.2) is 9.67 Å². The molecule has 1 rings (SSSR count). The van der Waals surface area contributed by atoms with E-state index in [2.05, 4.69) is 11.8 Å². The molecule has 0 spiro atoms. The number of aromatic nitrogens is 1. The summed E-state index contributed by atoms with van der Waals surface area (Å²) in [4.78, 5) is 0. The standard InChI is InChI=1S/C10H13NO/c1-3-4-6-11-7-5-10(8-11)9(2)12/h5,7-9,12H,6H2,1-2H3. The monoisotopic (exact) mass is 163 g/mol. The van der Waals surface area contributed by atoms with Crippen molar-refractivity contribution in [2.75, 3.05) is 0 Å². The summed E-state index contributed by atoms with van der Waals surface area (Å²) in [6.45, 7) is 4.27. The Bertz CT molecular complexity index is 301. The number of hydrogen-bond acceptors (Lipinski definition) is 1. The number of rotatable bonds is 2. The topological polar surface area (TPSA) is 25.2 Å². The fourth-order valence-electron chi connectivity index (χ4n) is 0.975. The molecule has 0 saturated carbocycles. The van der Waals surface area contributed by atoms with Crippen LogP contribution in [0.15, 0.2) is 18.5 Å². The Hall–Kier alpha value is -1.20. The Labute approximate surface area is 72.8 Å². The molecule has 0 radical (unpaired) electrons. The minimum absolute atomic E-state index is 0.388. The smallest absolute Gasteiger partial charge is 0.0831 e. The minimum Gasteiger partial charge on any atom is -0.389 e. The first-order valence-electron chi connectivity index (χ1n) is 3.97. The highest BCUT2D eigenvalue weighted by molar-refractivity contribution is 5.13. The Morgan fingerprint density at radius 3 is 2.92 bits per heavy atom. The number of nitrogens with zero attached hydrogens (tertiary/aromatic N) is 1. The Kier molecular flexibility index (Phi) is 2.95. The number of aliphatic hydroxyl groups is 1. The van der Waals surface area contributed by atoms with E-state index in [9.17, 15) is 5.11 Å². The van der Waals surface area contributed by atoms with Crippen LogP contribution in [0.5, 0.6) is 0 Å². The van der Waals surface area contributed by atoms with Gasteiger partial charge in [-0.1, -0.05) is 5.92 Å². The highest BCUT2D eigenvalue weighted by atomic mass is 16.3. The summed E-state index contributed by atoms with van der Waals surface area (Å²) in [5.74, 6) is 5.77. The molecular weight excluding hydrogens is 150 g/mol. The molecule has 2 nitrogen and oxygen atoms in total. The summed E-state index contributed by atoms with van der Waals surface area (Å²) in [5.41, 5.74) is 0.938. The highest BCUT2D eigenvalue weighted by Crippen LogP contribution is 2.11. The van der Waals surface area contributed by atoms with E-state index < -0.39 is 0 Å². The average molecular weight is 163 g/mol. The molecule has 0 aromatic carbocycles. The Morgan fingerprint density at radius 2 is 2.42 bits per heavy atom. The summed E-state index contributed by atoms with van der Waals surface area (Å²) in [7, 11) is 0. The summed E-state index contributed by atoms with van der Waals surface area (Å²) < 4.78 is 1.96. The van der Waals surface area contributed by atoms with Crippen molar-refractivity contribution in [1.82, 2.24) is 4.57 Å². The predicted molar refractivity (Wildman–Crippen MR) is 48.5 cm³/mol. The van der Waals surface area contributed by atoms with Gasteiger partial charge in [-0.2, -0.15) is 0 Å². The van der Waals surface area contributed by atoms with Gasteiger partial charge in [0.2, 0.25) is 0 Å². The lowest BCUT2D eigenvalue weighted by atomic mass is 10.2. The highest BCUT2D eigenvalue weighted by Gasteiger charge is 2.00. The zero-order chi connectivity index (χ0) is 8.97. The summed E-state index contributed by atoms with van der Waals surface area (Å²) in [6.07, 6.45) is 3.45. The largest absolute Gasteiger partial charge is 0.389 e. The van der Waals surface area contributed by atoms with Gasteiger partial charge in [0.15, 0.2) is 0 Å². The Morgan fingerprint density at radius 1 is 1.67 bits per heavy atom. The van der Waals surface area contributed by atoms with Crippen molar-refractivity contribution < 1.29 is 5.11 Å². The van der Waals surface area contributed by atoms with Gasteiger partial charge in [0.1, 0.15) is 0 Å². The first-order valence-corrected chi connectivity index (χ1v) is 3.97. The minimum atomic E-state index is -0.388. The molecular formula is C10H13NO. The van der Waals surface area contributed by atoms with E-state index in [0.717, 1.165) is 5.56 Å². The molecule has 12 heavy (non-hydrogen) atoms. The van der Waals surface area contributed by atoms with E-state index in [1.165, 1.54) is 0 Å². The van der Waals surface area contributed by atoms with Crippen LogP contribution in [0.2, 0.25) is 0 Å². The molecule has 0 aliphatic rings. The molecule has 0 aliphatic heterocycles. The van der Waals surface area contributed by atoms with E-state index in [1.807, 2.05) is 30.0 Å². The van der Waals surface area contributed by atoms with E-state index >= 15 is 0 Å².